The van der Waals surface area contributed by atoms with E-state index in [0.29, 0.717) is 28.6 Å². The summed E-state index contributed by atoms with van der Waals surface area (Å²) < 4.78 is 81.0. The molecule has 0 saturated carbocycles. The van der Waals surface area contributed by atoms with Gasteiger partial charge in [0.2, 0.25) is 5.95 Å². The zero-order chi connectivity index (χ0) is 30.2. The fraction of sp³-hybridized carbons (Fsp3) is 0.448. The molecule has 12 heteroatoms. The molecule has 0 amide bonds. The van der Waals surface area contributed by atoms with Gasteiger partial charge in [0.25, 0.3) is 0 Å². The van der Waals surface area contributed by atoms with Gasteiger partial charge in [0.1, 0.15) is 5.82 Å². The molecule has 1 aliphatic rings. The maximum absolute atomic E-state index is 15.0. The van der Waals surface area contributed by atoms with Gasteiger partial charge in [0.05, 0.1) is 21.8 Å². The van der Waals surface area contributed by atoms with Crippen LogP contribution in [0.5, 0.6) is 0 Å². The van der Waals surface area contributed by atoms with Crippen LogP contribution < -0.4 is 5.32 Å². The lowest BCUT2D eigenvalue weighted by Gasteiger charge is -2.29. The van der Waals surface area contributed by atoms with Gasteiger partial charge >= 0.3 is 6.18 Å². The van der Waals surface area contributed by atoms with Gasteiger partial charge < -0.3 is 10.2 Å². The Hall–Kier alpha value is -2.76. The highest BCUT2D eigenvalue weighted by molar-refractivity contribution is 7.91. The molecule has 0 aliphatic carbocycles. The van der Waals surface area contributed by atoms with Crippen molar-refractivity contribution in [3.8, 4) is 0 Å². The number of nitrogens with one attached hydrogen (secondary N) is 1. The number of hydrogen-bond acceptors (Lipinski definition) is 6. The van der Waals surface area contributed by atoms with Crippen molar-refractivity contribution in [3.05, 3.63) is 81.4 Å². The van der Waals surface area contributed by atoms with E-state index < -0.39 is 32.1 Å². The van der Waals surface area contributed by atoms with Crippen LogP contribution in [0.25, 0.3) is 0 Å². The lowest BCUT2D eigenvalue weighted by molar-refractivity contribution is -0.138. The van der Waals surface area contributed by atoms with Gasteiger partial charge in [0, 0.05) is 23.3 Å². The quantitative estimate of drug-likeness (QED) is 0.286. The van der Waals surface area contributed by atoms with Gasteiger partial charge in [-0.15, -0.1) is 0 Å². The molecule has 41 heavy (non-hydrogen) atoms. The van der Waals surface area contributed by atoms with E-state index in [0.717, 1.165) is 25.9 Å². The highest BCUT2D eigenvalue weighted by Gasteiger charge is 2.35. The molecule has 2 aromatic carbocycles. The van der Waals surface area contributed by atoms with Gasteiger partial charge in [-0.2, -0.15) is 13.2 Å². The third-order valence-electron chi connectivity index (χ3n) is 7.35. The third-order valence-corrected chi connectivity index (χ3v) is 10.3. The van der Waals surface area contributed by atoms with E-state index in [9.17, 15) is 26.0 Å². The summed E-state index contributed by atoms with van der Waals surface area (Å²) in [5.74, 6) is -0.762. The minimum atomic E-state index is -4.72. The van der Waals surface area contributed by atoms with Crippen molar-refractivity contribution in [3.63, 3.8) is 0 Å². The number of halogens is 5. The van der Waals surface area contributed by atoms with Gasteiger partial charge in [-0.1, -0.05) is 29.8 Å². The number of nitrogens with zero attached hydrogens (tertiary/aromatic N) is 3. The number of benzene rings is 2. The molecule has 1 aromatic heterocycles. The SMILES string of the molecule is CN1CCC(c2ccc(Nc3ncc(C(F)(F)F)c(Cc4ccc(Cl)c(CS(=O)(=O)C(C)(C)C)c4)n3)cc2F)CC1. The normalized spacial score (nSPS) is 15.7. The summed E-state index contributed by atoms with van der Waals surface area (Å²) in [6.45, 7) is 6.47. The molecule has 1 fully saturated rings. The maximum Gasteiger partial charge on any atom is 0.419 e. The van der Waals surface area contributed by atoms with E-state index in [1.807, 2.05) is 7.05 Å². The molecule has 0 unspecified atom stereocenters. The second kappa shape index (κ2) is 11.9. The summed E-state index contributed by atoms with van der Waals surface area (Å²) in [6, 6.07) is 9.14. The Labute approximate surface area is 243 Å². The van der Waals surface area contributed by atoms with Gasteiger partial charge in [-0.05, 0) is 94.6 Å². The van der Waals surface area contributed by atoms with E-state index in [1.54, 1.807) is 32.9 Å². The molecule has 0 atom stereocenters. The molecule has 1 N–H and O–H groups in total. The first-order valence-corrected chi connectivity index (χ1v) is 15.2. The largest absolute Gasteiger partial charge is 0.419 e. The van der Waals surface area contributed by atoms with Crippen molar-refractivity contribution in [2.75, 3.05) is 25.5 Å². The Balaban J connectivity index is 1.60. The van der Waals surface area contributed by atoms with Crippen LogP contribution in [0.4, 0.5) is 29.2 Å². The zero-order valence-electron chi connectivity index (χ0n) is 23.3. The Morgan fingerprint density at radius 1 is 1.07 bits per heavy atom. The lowest BCUT2D eigenvalue weighted by Crippen LogP contribution is -2.29. The fourth-order valence-corrected chi connectivity index (χ4v) is 6.04. The van der Waals surface area contributed by atoms with Crippen LogP contribution in [-0.2, 0) is 28.2 Å². The first-order valence-electron chi connectivity index (χ1n) is 13.2. The monoisotopic (exact) mass is 612 g/mol. The summed E-state index contributed by atoms with van der Waals surface area (Å²) in [7, 11) is -1.56. The third kappa shape index (κ3) is 7.55. The summed E-state index contributed by atoms with van der Waals surface area (Å²) in [6.07, 6.45) is -2.59. The lowest BCUT2D eigenvalue weighted by atomic mass is 9.89. The molecule has 222 valence electrons. The number of alkyl halides is 3. The van der Waals surface area contributed by atoms with Crippen molar-refractivity contribution in [1.82, 2.24) is 14.9 Å². The van der Waals surface area contributed by atoms with Crippen LogP contribution in [0.1, 0.15) is 67.5 Å². The molecule has 0 bridgehead atoms. The molecule has 0 radical (unpaired) electrons. The van der Waals surface area contributed by atoms with E-state index in [1.165, 1.54) is 24.3 Å². The summed E-state index contributed by atoms with van der Waals surface area (Å²) in [4.78, 5) is 10.2. The molecule has 4 rings (SSSR count). The van der Waals surface area contributed by atoms with E-state index in [4.69, 9.17) is 11.6 Å². The van der Waals surface area contributed by atoms with E-state index >= 15 is 0 Å². The van der Waals surface area contributed by atoms with Crippen LogP contribution >= 0.6 is 11.6 Å². The maximum atomic E-state index is 15.0. The minimum Gasteiger partial charge on any atom is -0.324 e. The number of rotatable bonds is 7. The number of likely N-dealkylation sites (tertiary alicyclic amines) is 1. The molecule has 3 aromatic rings. The molecule has 1 saturated heterocycles. The summed E-state index contributed by atoms with van der Waals surface area (Å²) in [5, 5.41) is 3.02. The van der Waals surface area contributed by atoms with Crippen LogP contribution in [0.15, 0.2) is 42.6 Å². The standard InChI is InChI=1S/C29H33ClF4N4O2S/c1-28(2,3)41(39,40)17-20-13-18(5-8-24(20)30)14-26-23(29(32,33)34)16-35-27(37-26)36-21-6-7-22(25(31)15-21)19-9-11-38(4)12-10-19/h5-8,13,15-16,19H,9-12,14,17H2,1-4H3,(H,35,36,37). The van der Waals surface area contributed by atoms with Crippen LogP contribution in [0.2, 0.25) is 5.02 Å². The predicted molar refractivity (Wildman–Crippen MR) is 153 cm³/mol. The number of hydrogen-bond donors (Lipinski definition) is 1. The second-order valence-electron chi connectivity index (χ2n) is 11.5. The van der Waals surface area contributed by atoms with Crippen molar-refractivity contribution in [1.29, 1.82) is 0 Å². The minimum absolute atomic E-state index is 0.108. The average molecular weight is 613 g/mol. The van der Waals surface area contributed by atoms with Crippen LogP contribution in [0.3, 0.4) is 0 Å². The summed E-state index contributed by atoms with van der Waals surface area (Å²) >= 11 is 6.24. The molecular weight excluding hydrogens is 580 g/mol. The highest BCUT2D eigenvalue weighted by Crippen LogP contribution is 2.34. The van der Waals surface area contributed by atoms with Crippen LogP contribution in [0, 0.1) is 5.82 Å². The molecule has 6 nitrogen and oxygen atoms in total. The van der Waals surface area contributed by atoms with Crippen LogP contribution in [-0.4, -0.2) is 48.2 Å². The number of anilines is 2. The van der Waals surface area contributed by atoms with Gasteiger partial charge in [0.15, 0.2) is 9.84 Å². The number of aromatic nitrogens is 2. The topological polar surface area (TPSA) is 75.2 Å². The first-order chi connectivity index (χ1) is 19.0. The predicted octanol–water partition coefficient (Wildman–Crippen LogP) is 7.14. The first kappa shape index (κ1) is 31.2. The Morgan fingerprint density at radius 3 is 2.37 bits per heavy atom. The molecule has 0 spiro atoms. The Kier molecular flexibility index (Phi) is 9.01. The van der Waals surface area contributed by atoms with Crippen molar-refractivity contribution >= 4 is 33.1 Å². The summed E-state index contributed by atoms with van der Waals surface area (Å²) in [5.41, 5.74) is 0.282. The van der Waals surface area contributed by atoms with Crippen molar-refractivity contribution in [2.45, 2.75) is 62.6 Å². The Bertz CT molecular complexity index is 1520. The fourth-order valence-electron chi connectivity index (χ4n) is 4.70. The Morgan fingerprint density at radius 2 is 1.76 bits per heavy atom. The molecular formula is C29H33ClF4N4O2S. The zero-order valence-corrected chi connectivity index (χ0v) is 24.9. The van der Waals surface area contributed by atoms with E-state index in [2.05, 4.69) is 20.2 Å². The van der Waals surface area contributed by atoms with Crippen molar-refractivity contribution < 1.29 is 26.0 Å². The van der Waals surface area contributed by atoms with E-state index in [-0.39, 0.29) is 34.8 Å². The average Bonchev–Trinajstić information content (AvgIpc) is 2.85. The van der Waals surface area contributed by atoms with Crippen molar-refractivity contribution in [2.24, 2.45) is 0 Å². The van der Waals surface area contributed by atoms with Gasteiger partial charge in [-0.25, -0.2) is 22.8 Å². The smallest absolute Gasteiger partial charge is 0.324 e. The molecule has 2 heterocycles. The molecule has 1 aliphatic heterocycles. The highest BCUT2D eigenvalue weighted by atomic mass is 35.5. The van der Waals surface area contributed by atoms with Gasteiger partial charge in [-0.3, -0.25) is 0 Å². The second-order valence-corrected chi connectivity index (χ2v) is 14.6. The number of piperidine rings is 1. The number of sulfone groups is 1.